The number of nitrogens with one attached hydrogen (secondary N) is 1. The Kier molecular flexibility index (Phi) is 4.16. The maximum atomic E-state index is 12.0. The minimum Gasteiger partial charge on any atom is -0.467 e. The molecule has 0 bridgehead atoms. The number of para-hydroxylation sites is 1. The lowest BCUT2D eigenvalue weighted by Crippen LogP contribution is -2.22. The number of esters is 1. The van der Waals surface area contributed by atoms with Crippen molar-refractivity contribution in [3.8, 4) is 0 Å². The third-order valence-electron chi connectivity index (χ3n) is 2.93. The molecule has 1 aromatic carbocycles. The lowest BCUT2D eigenvalue weighted by Gasteiger charge is -2.18. The predicted octanol–water partition coefficient (Wildman–Crippen LogP) is 3.09. The Morgan fingerprint density at radius 3 is 2.68 bits per heavy atom. The Morgan fingerprint density at radius 1 is 1.37 bits per heavy atom. The van der Waals surface area contributed by atoms with Crippen molar-refractivity contribution in [1.82, 2.24) is 4.98 Å². The van der Waals surface area contributed by atoms with Gasteiger partial charge in [-0.05, 0) is 25.5 Å². The molecule has 1 unspecified atom stereocenters. The average molecular weight is 276 g/mol. The Morgan fingerprint density at radius 2 is 2.11 bits per heavy atom. The molecule has 0 radical (unpaired) electrons. The van der Waals surface area contributed by atoms with Gasteiger partial charge in [0, 0.05) is 5.69 Å². The third kappa shape index (κ3) is 2.93. The summed E-state index contributed by atoms with van der Waals surface area (Å²) < 4.78 is 4.88. The first-order chi connectivity index (χ1) is 9.13. The van der Waals surface area contributed by atoms with Crippen molar-refractivity contribution in [3.63, 3.8) is 0 Å². The molecule has 0 aliphatic rings. The molecular weight excluding hydrogens is 260 g/mol. The van der Waals surface area contributed by atoms with E-state index in [2.05, 4.69) is 10.3 Å². The van der Waals surface area contributed by atoms with Crippen LogP contribution in [0, 0.1) is 13.8 Å². The van der Waals surface area contributed by atoms with E-state index in [-0.39, 0.29) is 5.97 Å². The summed E-state index contributed by atoms with van der Waals surface area (Å²) in [6.07, 6.45) is 0. The van der Waals surface area contributed by atoms with Gasteiger partial charge in [0.05, 0.1) is 23.2 Å². The highest BCUT2D eigenvalue weighted by Crippen LogP contribution is 2.27. The monoisotopic (exact) mass is 276 g/mol. The van der Waals surface area contributed by atoms with Crippen LogP contribution in [0.3, 0.4) is 0 Å². The van der Waals surface area contributed by atoms with Crippen LogP contribution in [-0.2, 0) is 9.53 Å². The summed E-state index contributed by atoms with van der Waals surface area (Å²) in [6, 6.07) is 7.32. The second kappa shape index (κ2) is 5.84. The summed E-state index contributed by atoms with van der Waals surface area (Å²) in [5, 5.41) is 3.24. The minimum atomic E-state index is -0.515. The molecule has 0 saturated carbocycles. The highest BCUT2D eigenvalue weighted by molar-refractivity contribution is 7.10. The standard InChI is InChI=1S/C14H16N2O2S/c1-9-6-4-5-7-11(9)16-12(14(17)18-3)13-10(2)15-8-19-13/h4-8,12,16H,1-3H3. The van der Waals surface area contributed by atoms with E-state index in [1.165, 1.54) is 18.4 Å². The summed E-state index contributed by atoms with van der Waals surface area (Å²) >= 11 is 1.45. The molecule has 2 aromatic rings. The fourth-order valence-corrected chi connectivity index (χ4v) is 2.67. The number of carbonyl (C=O) groups is 1. The maximum absolute atomic E-state index is 12.0. The highest BCUT2D eigenvalue weighted by atomic mass is 32.1. The number of ether oxygens (including phenoxy) is 1. The van der Waals surface area contributed by atoms with E-state index in [9.17, 15) is 4.79 Å². The zero-order chi connectivity index (χ0) is 13.8. The van der Waals surface area contributed by atoms with Crippen LogP contribution in [0.5, 0.6) is 0 Å². The van der Waals surface area contributed by atoms with Crippen molar-refractivity contribution in [2.75, 3.05) is 12.4 Å². The van der Waals surface area contributed by atoms with Crippen molar-refractivity contribution in [1.29, 1.82) is 0 Å². The molecule has 100 valence electrons. The van der Waals surface area contributed by atoms with Crippen LogP contribution in [-0.4, -0.2) is 18.1 Å². The van der Waals surface area contributed by atoms with E-state index in [1.807, 2.05) is 38.1 Å². The van der Waals surface area contributed by atoms with Gasteiger partial charge in [-0.3, -0.25) is 0 Å². The zero-order valence-electron chi connectivity index (χ0n) is 11.1. The number of carbonyl (C=O) groups excluding carboxylic acids is 1. The molecule has 0 amide bonds. The highest BCUT2D eigenvalue weighted by Gasteiger charge is 2.25. The molecule has 0 saturated heterocycles. The van der Waals surface area contributed by atoms with E-state index < -0.39 is 6.04 Å². The fourth-order valence-electron chi connectivity index (χ4n) is 1.83. The van der Waals surface area contributed by atoms with Crippen LogP contribution >= 0.6 is 11.3 Å². The van der Waals surface area contributed by atoms with E-state index in [0.29, 0.717) is 0 Å². The number of nitrogens with zero attached hydrogens (tertiary/aromatic N) is 1. The van der Waals surface area contributed by atoms with Crippen LogP contribution in [0.15, 0.2) is 29.8 Å². The van der Waals surface area contributed by atoms with Gasteiger partial charge in [0.15, 0.2) is 6.04 Å². The van der Waals surface area contributed by atoms with Crippen LogP contribution in [0.1, 0.15) is 22.2 Å². The predicted molar refractivity (Wildman–Crippen MR) is 76.4 cm³/mol. The number of hydrogen-bond acceptors (Lipinski definition) is 5. The largest absolute Gasteiger partial charge is 0.467 e. The summed E-state index contributed by atoms with van der Waals surface area (Å²) in [5.41, 5.74) is 4.59. The molecule has 5 heteroatoms. The fraction of sp³-hybridized carbons (Fsp3) is 0.286. The first-order valence-corrected chi connectivity index (χ1v) is 6.81. The number of aryl methyl sites for hydroxylation is 2. The number of aromatic nitrogens is 1. The summed E-state index contributed by atoms with van der Waals surface area (Å²) in [6.45, 7) is 3.89. The van der Waals surface area contributed by atoms with E-state index in [4.69, 9.17) is 4.74 Å². The molecule has 4 nitrogen and oxygen atoms in total. The van der Waals surface area contributed by atoms with Gasteiger partial charge in [-0.15, -0.1) is 11.3 Å². The minimum absolute atomic E-state index is 0.310. The van der Waals surface area contributed by atoms with Gasteiger partial charge in [-0.2, -0.15) is 0 Å². The van der Waals surface area contributed by atoms with Crippen molar-refractivity contribution in [2.24, 2.45) is 0 Å². The van der Waals surface area contributed by atoms with Crippen LogP contribution < -0.4 is 5.32 Å². The first-order valence-electron chi connectivity index (χ1n) is 5.93. The smallest absolute Gasteiger partial charge is 0.333 e. The molecule has 1 N–H and O–H groups in total. The van der Waals surface area contributed by atoms with Crippen LogP contribution in [0.4, 0.5) is 5.69 Å². The Bertz CT molecular complexity index is 580. The van der Waals surface area contributed by atoms with Crippen LogP contribution in [0.25, 0.3) is 0 Å². The second-order valence-corrected chi connectivity index (χ2v) is 5.10. The molecule has 1 atom stereocenters. The summed E-state index contributed by atoms with van der Waals surface area (Å²) in [5.74, 6) is -0.310. The number of anilines is 1. The lowest BCUT2D eigenvalue weighted by atomic mass is 10.1. The van der Waals surface area contributed by atoms with Crippen LogP contribution in [0.2, 0.25) is 0 Å². The lowest BCUT2D eigenvalue weighted by molar-refractivity contribution is -0.141. The molecule has 1 heterocycles. The molecule has 0 aliphatic heterocycles. The Hall–Kier alpha value is -1.88. The Labute approximate surface area is 116 Å². The number of thiazole rings is 1. The molecule has 1 aromatic heterocycles. The number of benzene rings is 1. The SMILES string of the molecule is COC(=O)C(Nc1ccccc1C)c1scnc1C. The maximum Gasteiger partial charge on any atom is 0.333 e. The summed E-state index contributed by atoms with van der Waals surface area (Å²) in [4.78, 5) is 17.0. The molecule has 2 rings (SSSR count). The molecule has 19 heavy (non-hydrogen) atoms. The quantitative estimate of drug-likeness (QED) is 0.872. The molecular formula is C14H16N2O2S. The van der Waals surface area contributed by atoms with Gasteiger partial charge >= 0.3 is 5.97 Å². The number of hydrogen-bond donors (Lipinski definition) is 1. The van der Waals surface area contributed by atoms with Gasteiger partial charge in [0.25, 0.3) is 0 Å². The molecule has 0 aliphatic carbocycles. The van der Waals surface area contributed by atoms with Gasteiger partial charge in [0.2, 0.25) is 0 Å². The topological polar surface area (TPSA) is 51.2 Å². The summed E-state index contributed by atoms with van der Waals surface area (Å²) in [7, 11) is 1.39. The van der Waals surface area contributed by atoms with Crippen molar-refractivity contribution in [2.45, 2.75) is 19.9 Å². The third-order valence-corrected chi connectivity index (χ3v) is 3.92. The van der Waals surface area contributed by atoms with Crippen molar-refractivity contribution < 1.29 is 9.53 Å². The molecule has 0 fully saturated rings. The average Bonchev–Trinajstić information content (AvgIpc) is 2.83. The number of rotatable bonds is 4. The van der Waals surface area contributed by atoms with E-state index >= 15 is 0 Å². The number of methoxy groups -OCH3 is 1. The van der Waals surface area contributed by atoms with E-state index in [1.54, 1.807) is 5.51 Å². The van der Waals surface area contributed by atoms with Gasteiger partial charge in [-0.25, -0.2) is 9.78 Å². The van der Waals surface area contributed by atoms with Gasteiger partial charge in [0.1, 0.15) is 0 Å². The first kappa shape index (κ1) is 13.5. The van der Waals surface area contributed by atoms with Crippen molar-refractivity contribution in [3.05, 3.63) is 45.9 Å². The zero-order valence-corrected chi connectivity index (χ0v) is 12.0. The van der Waals surface area contributed by atoms with Crippen molar-refractivity contribution >= 4 is 23.0 Å². The second-order valence-electron chi connectivity index (χ2n) is 4.22. The van der Waals surface area contributed by atoms with E-state index in [0.717, 1.165) is 21.8 Å². The Balaban J connectivity index is 2.33. The van der Waals surface area contributed by atoms with Gasteiger partial charge < -0.3 is 10.1 Å². The normalized spacial score (nSPS) is 11.9. The van der Waals surface area contributed by atoms with Gasteiger partial charge in [-0.1, -0.05) is 18.2 Å². The molecule has 0 spiro atoms.